The van der Waals surface area contributed by atoms with Crippen LogP contribution in [0.5, 0.6) is 0 Å². The van der Waals surface area contributed by atoms with E-state index in [0.29, 0.717) is 12.8 Å². The minimum atomic E-state index is -1.01. The fraction of sp³-hybridized carbons (Fsp3) is 0.914. The summed E-state index contributed by atoms with van der Waals surface area (Å²) in [5.74, 6) is -0.128. The molecule has 0 aliphatic heterocycles. The number of carbonyl (C=O) groups excluding carboxylic acids is 1. The van der Waals surface area contributed by atoms with E-state index in [1.807, 2.05) is 0 Å². The van der Waals surface area contributed by atoms with Crippen LogP contribution in [0.1, 0.15) is 181 Å². The summed E-state index contributed by atoms with van der Waals surface area (Å²) in [7, 11) is 0. The molecule has 0 radical (unpaired) electrons. The fourth-order valence-electron chi connectivity index (χ4n) is 5.31. The summed E-state index contributed by atoms with van der Waals surface area (Å²) in [6.07, 6.45) is 33.1. The van der Waals surface area contributed by atoms with E-state index in [2.05, 4.69) is 19.2 Å². The Bertz CT molecular complexity index is 554. The monoisotopic (exact) mass is 568 g/mol. The molecule has 5 heteroatoms. The average molecular weight is 568 g/mol. The molecule has 3 atom stereocenters. The summed E-state index contributed by atoms with van der Waals surface area (Å²) in [4.78, 5) is 12.3. The van der Waals surface area contributed by atoms with Gasteiger partial charge in [-0.3, -0.25) is 4.79 Å². The molecule has 0 heterocycles. The molecule has 0 aromatic carbocycles. The van der Waals surface area contributed by atoms with Gasteiger partial charge in [0, 0.05) is 6.42 Å². The number of aliphatic hydroxyl groups excluding tert-OH is 3. The summed E-state index contributed by atoms with van der Waals surface area (Å²) in [5, 5.41) is 33.0. The summed E-state index contributed by atoms with van der Waals surface area (Å²) >= 11 is 0. The molecule has 0 aliphatic carbocycles. The van der Waals surface area contributed by atoms with Crippen LogP contribution in [0.15, 0.2) is 12.2 Å². The number of aliphatic hydroxyl groups is 3. The van der Waals surface area contributed by atoms with E-state index in [0.717, 1.165) is 32.1 Å². The highest BCUT2D eigenvalue weighted by molar-refractivity contribution is 5.76. The standard InChI is InChI=1S/C35H69NO4/c1-3-5-7-9-11-13-15-16-17-18-20-22-24-26-28-35(40)36-33(31-37)34(39)30-29-32(38)27-25-23-21-19-14-12-10-8-6-4-2/h29-30,32-34,37-39H,3-28,31H2,1-2H3,(H,36,40). The van der Waals surface area contributed by atoms with Crippen LogP contribution in [0.3, 0.4) is 0 Å². The molecule has 1 amide bonds. The molecule has 5 nitrogen and oxygen atoms in total. The second kappa shape index (κ2) is 31.0. The molecule has 0 bridgehead atoms. The summed E-state index contributed by atoms with van der Waals surface area (Å²) < 4.78 is 0. The lowest BCUT2D eigenvalue weighted by molar-refractivity contribution is -0.123. The second-order valence-corrected chi connectivity index (χ2v) is 12.1. The van der Waals surface area contributed by atoms with Crippen LogP contribution >= 0.6 is 0 Å². The van der Waals surface area contributed by atoms with Crippen LogP contribution in [-0.2, 0) is 4.79 Å². The predicted octanol–water partition coefficient (Wildman–Crippen LogP) is 8.92. The van der Waals surface area contributed by atoms with Gasteiger partial charge in [0.25, 0.3) is 0 Å². The molecule has 0 aromatic rings. The van der Waals surface area contributed by atoms with Gasteiger partial charge in [-0.05, 0) is 12.8 Å². The lowest BCUT2D eigenvalue weighted by Gasteiger charge is -2.20. The smallest absolute Gasteiger partial charge is 0.220 e. The maximum Gasteiger partial charge on any atom is 0.220 e. The van der Waals surface area contributed by atoms with Gasteiger partial charge >= 0.3 is 0 Å². The van der Waals surface area contributed by atoms with Crippen molar-refractivity contribution in [3.63, 3.8) is 0 Å². The van der Waals surface area contributed by atoms with Gasteiger partial charge < -0.3 is 20.6 Å². The van der Waals surface area contributed by atoms with E-state index >= 15 is 0 Å². The Balaban J connectivity index is 3.75. The van der Waals surface area contributed by atoms with E-state index < -0.39 is 18.2 Å². The van der Waals surface area contributed by atoms with Crippen molar-refractivity contribution < 1.29 is 20.1 Å². The highest BCUT2D eigenvalue weighted by atomic mass is 16.3. The zero-order valence-electron chi connectivity index (χ0n) is 26.7. The van der Waals surface area contributed by atoms with Crippen LogP contribution in [0.4, 0.5) is 0 Å². The first kappa shape index (κ1) is 39.1. The van der Waals surface area contributed by atoms with E-state index in [4.69, 9.17) is 0 Å². The normalized spacial score (nSPS) is 14.0. The maximum absolute atomic E-state index is 12.3. The second-order valence-electron chi connectivity index (χ2n) is 12.1. The van der Waals surface area contributed by atoms with Crippen LogP contribution in [0.25, 0.3) is 0 Å². The number of carbonyl (C=O) groups is 1. The summed E-state index contributed by atoms with van der Waals surface area (Å²) in [5.41, 5.74) is 0. The molecule has 0 rings (SSSR count). The molecular formula is C35H69NO4. The molecule has 0 aliphatic rings. The number of amides is 1. The van der Waals surface area contributed by atoms with Gasteiger partial charge in [-0.25, -0.2) is 0 Å². The zero-order valence-corrected chi connectivity index (χ0v) is 26.7. The largest absolute Gasteiger partial charge is 0.394 e. The molecular weight excluding hydrogens is 498 g/mol. The van der Waals surface area contributed by atoms with Gasteiger partial charge in [0.15, 0.2) is 0 Å². The van der Waals surface area contributed by atoms with Crippen LogP contribution in [-0.4, -0.2) is 46.1 Å². The lowest BCUT2D eigenvalue weighted by Crippen LogP contribution is -2.45. The minimum absolute atomic E-state index is 0.128. The number of hydrogen-bond acceptors (Lipinski definition) is 4. The molecule has 0 aromatic heterocycles. The topological polar surface area (TPSA) is 89.8 Å². The number of rotatable bonds is 31. The van der Waals surface area contributed by atoms with Crippen LogP contribution < -0.4 is 5.32 Å². The SMILES string of the molecule is CCCCCCCCCCCCCCCCC(=O)NC(CO)C(O)C=CC(O)CCCCCCCCCCCC. The third-order valence-corrected chi connectivity index (χ3v) is 8.10. The zero-order chi connectivity index (χ0) is 29.5. The van der Waals surface area contributed by atoms with Gasteiger partial charge in [0.05, 0.1) is 24.9 Å². The van der Waals surface area contributed by atoms with E-state index in [-0.39, 0.29) is 12.5 Å². The van der Waals surface area contributed by atoms with Gasteiger partial charge in [-0.1, -0.05) is 174 Å². The minimum Gasteiger partial charge on any atom is -0.394 e. The van der Waals surface area contributed by atoms with Crippen molar-refractivity contribution in [3.05, 3.63) is 12.2 Å². The van der Waals surface area contributed by atoms with Gasteiger partial charge in [0.2, 0.25) is 5.91 Å². The number of hydrogen-bond donors (Lipinski definition) is 4. The van der Waals surface area contributed by atoms with E-state index in [1.165, 1.54) is 128 Å². The lowest BCUT2D eigenvalue weighted by atomic mass is 10.0. The summed E-state index contributed by atoms with van der Waals surface area (Å²) in [6.45, 7) is 4.18. The molecule has 0 saturated heterocycles. The third kappa shape index (κ3) is 27.3. The molecule has 238 valence electrons. The Kier molecular flexibility index (Phi) is 30.3. The van der Waals surface area contributed by atoms with Crippen molar-refractivity contribution in [2.75, 3.05) is 6.61 Å². The van der Waals surface area contributed by atoms with Crippen LogP contribution in [0.2, 0.25) is 0 Å². The first-order valence-electron chi connectivity index (χ1n) is 17.5. The third-order valence-electron chi connectivity index (χ3n) is 8.10. The number of nitrogens with one attached hydrogen (secondary N) is 1. The molecule has 3 unspecified atom stereocenters. The summed E-state index contributed by atoms with van der Waals surface area (Å²) in [6, 6.07) is -0.736. The molecule has 0 spiro atoms. The Hall–Kier alpha value is -0.910. The molecule has 0 saturated carbocycles. The van der Waals surface area contributed by atoms with Gasteiger partial charge in [-0.15, -0.1) is 0 Å². The first-order chi connectivity index (χ1) is 19.5. The molecule has 4 N–H and O–H groups in total. The predicted molar refractivity (Wildman–Crippen MR) is 172 cm³/mol. The Morgan fingerprint density at radius 3 is 1.35 bits per heavy atom. The van der Waals surface area contributed by atoms with E-state index in [9.17, 15) is 20.1 Å². The Morgan fingerprint density at radius 2 is 0.950 bits per heavy atom. The fourth-order valence-corrected chi connectivity index (χ4v) is 5.31. The Morgan fingerprint density at radius 1 is 0.575 bits per heavy atom. The van der Waals surface area contributed by atoms with E-state index in [1.54, 1.807) is 6.08 Å². The maximum atomic E-state index is 12.3. The van der Waals surface area contributed by atoms with Crippen molar-refractivity contribution in [2.45, 2.75) is 199 Å². The highest BCUT2D eigenvalue weighted by Gasteiger charge is 2.18. The van der Waals surface area contributed by atoms with Gasteiger partial charge in [-0.2, -0.15) is 0 Å². The highest BCUT2D eigenvalue weighted by Crippen LogP contribution is 2.14. The Labute approximate surface area is 249 Å². The van der Waals surface area contributed by atoms with Gasteiger partial charge in [0.1, 0.15) is 0 Å². The van der Waals surface area contributed by atoms with Crippen molar-refractivity contribution in [1.82, 2.24) is 5.32 Å². The van der Waals surface area contributed by atoms with Crippen LogP contribution in [0, 0.1) is 0 Å². The molecule has 0 fully saturated rings. The van der Waals surface area contributed by atoms with Crippen molar-refractivity contribution in [3.8, 4) is 0 Å². The molecule has 40 heavy (non-hydrogen) atoms. The average Bonchev–Trinajstić information content (AvgIpc) is 2.95. The van der Waals surface area contributed by atoms with Crippen molar-refractivity contribution in [2.24, 2.45) is 0 Å². The van der Waals surface area contributed by atoms with Crippen molar-refractivity contribution >= 4 is 5.91 Å². The van der Waals surface area contributed by atoms with Crippen molar-refractivity contribution in [1.29, 1.82) is 0 Å². The quantitative estimate of drug-likeness (QED) is 0.0497. The first-order valence-corrected chi connectivity index (χ1v) is 17.5. The number of unbranched alkanes of at least 4 members (excludes halogenated alkanes) is 22.